The van der Waals surface area contributed by atoms with Crippen molar-refractivity contribution in [3.05, 3.63) is 29.3 Å². The van der Waals surface area contributed by atoms with E-state index >= 15 is 0 Å². The van der Waals surface area contributed by atoms with E-state index in [1.807, 2.05) is 0 Å². The lowest BCUT2D eigenvalue weighted by atomic mass is 10.2. The Morgan fingerprint density at radius 1 is 1.20 bits per heavy atom. The summed E-state index contributed by atoms with van der Waals surface area (Å²) in [6, 6.07) is 6.42. The van der Waals surface area contributed by atoms with Crippen molar-refractivity contribution in [2.45, 2.75) is 37.5 Å². The van der Waals surface area contributed by atoms with Crippen molar-refractivity contribution in [2.24, 2.45) is 0 Å². The third kappa shape index (κ3) is 5.51. The van der Waals surface area contributed by atoms with E-state index in [-0.39, 0.29) is 21.6 Å². The highest BCUT2D eigenvalue weighted by molar-refractivity contribution is 7.91. The van der Waals surface area contributed by atoms with E-state index in [0.29, 0.717) is 32.3 Å². The molecule has 20 heavy (non-hydrogen) atoms. The zero-order valence-corrected chi connectivity index (χ0v) is 13.0. The summed E-state index contributed by atoms with van der Waals surface area (Å²) >= 11 is 5.88. The Bertz CT molecular complexity index is 540. The van der Waals surface area contributed by atoms with Crippen molar-refractivity contribution in [1.29, 1.82) is 0 Å². The fourth-order valence-corrected chi connectivity index (χ4v) is 3.72. The molecule has 1 aromatic rings. The average Bonchev–Trinajstić information content (AvgIpc) is 2.39. The van der Waals surface area contributed by atoms with E-state index in [4.69, 9.17) is 16.3 Å². The van der Waals surface area contributed by atoms with E-state index < -0.39 is 9.84 Å². The van der Waals surface area contributed by atoms with Gasteiger partial charge in [0.1, 0.15) is 0 Å². The van der Waals surface area contributed by atoms with Gasteiger partial charge in [-0.2, -0.15) is 0 Å². The average molecular weight is 319 g/mol. The molecule has 0 saturated carbocycles. The number of carbonyl (C=O) groups excluding carboxylic acids is 1. The second kappa shape index (κ2) is 8.27. The maximum atomic E-state index is 12.1. The molecule has 0 aliphatic rings. The van der Waals surface area contributed by atoms with Gasteiger partial charge in [0.05, 0.1) is 22.3 Å². The van der Waals surface area contributed by atoms with Crippen molar-refractivity contribution in [3.8, 4) is 0 Å². The minimum atomic E-state index is -3.35. The number of ether oxygens (including phenoxy) is 1. The van der Waals surface area contributed by atoms with E-state index in [2.05, 4.69) is 0 Å². The highest BCUT2D eigenvalue weighted by atomic mass is 35.5. The first-order valence-electron chi connectivity index (χ1n) is 6.60. The zero-order valence-electron chi connectivity index (χ0n) is 11.5. The van der Waals surface area contributed by atoms with E-state index in [1.165, 1.54) is 6.07 Å². The van der Waals surface area contributed by atoms with Gasteiger partial charge in [-0.1, -0.05) is 30.2 Å². The van der Waals surface area contributed by atoms with Gasteiger partial charge in [0, 0.05) is 6.42 Å². The summed E-state index contributed by atoms with van der Waals surface area (Å²) in [7, 11) is -3.35. The molecule has 6 heteroatoms. The molecule has 1 aromatic carbocycles. The second-order valence-corrected chi connectivity index (χ2v) is 6.85. The molecule has 0 aliphatic carbocycles. The van der Waals surface area contributed by atoms with Gasteiger partial charge in [-0.05, 0) is 31.9 Å². The fraction of sp³-hybridized carbons (Fsp3) is 0.500. The minimum Gasteiger partial charge on any atom is -0.466 e. The van der Waals surface area contributed by atoms with Crippen LogP contribution in [0.25, 0.3) is 0 Å². The number of benzene rings is 1. The molecule has 0 spiro atoms. The summed E-state index contributed by atoms with van der Waals surface area (Å²) < 4.78 is 29.0. The van der Waals surface area contributed by atoms with Gasteiger partial charge in [-0.15, -0.1) is 0 Å². The molecule has 112 valence electrons. The summed E-state index contributed by atoms with van der Waals surface area (Å²) in [5, 5.41) is 0.249. The van der Waals surface area contributed by atoms with Gasteiger partial charge >= 0.3 is 5.97 Å². The van der Waals surface area contributed by atoms with Gasteiger partial charge in [-0.25, -0.2) is 8.42 Å². The van der Waals surface area contributed by atoms with Crippen LogP contribution in [0.15, 0.2) is 29.2 Å². The zero-order chi connectivity index (χ0) is 15.0. The summed E-state index contributed by atoms with van der Waals surface area (Å²) in [6.07, 6.45) is 2.15. The van der Waals surface area contributed by atoms with Crippen molar-refractivity contribution in [3.63, 3.8) is 0 Å². The highest BCUT2D eigenvalue weighted by Gasteiger charge is 2.16. The fourth-order valence-electron chi connectivity index (χ4n) is 1.78. The van der Waals surface area contributed by atoms with Crippen LogP contribution in [0.1, 0.15) is 32.6 Å². The Hall–Kier alpha value is -1.07. The standard InChI is InChI=1S/C14H19ClO4S/c1-2-19-14(16)10-4-3-7-11-20(17,18)13-9-6-5-8-12(13)15/h5-6,8-9H,2-4,7,10-11H2,1H3. The van der Waals surface area contributed by atoms with Crippen LogP contribution in [-0.2, 0) is 19.4 Å². The van der Waals surface area contributed by atoms with Crippen LogP contribution < -0.4 is 0 Å². The lowest BCUT2D eigenvalue weighted by Gasteiger charge is -2.06. The van der Waals surface area contributed by atoms with Gasteiger partial charge in [0.25, 0.3) is 0 Å². The number of rotatable bonds is 8. The quantitative estimate of drug-likeness (QED) is 0.545. The van der Waals surface area contributed by atoms with Crippen LogP contribution in [0.4, 0.5) is 0 Å². The Morgan fingerprint density at radius 2 is 1.90 bits per heavy atom. The molecule has 0 radical (unpaired) electrons. The van der Waals surface area contributed by atoms with Crippen molar-refractivity contribution in [1.82, 2.24) is 0 Å². The van der Waals surface area contributed by atoms with Gasteiger partial charge in [0.2, 0.25) is 0 Å². The first kappa shape index (κ1) is 17.0. The van der Waals surface area contributed by atoms with Crippen LogP contribution in [0.2, 0.25) is 5.02 Å². The van der Waals surface area contributed by atoms with Crippen molar-refractivity contribution < 1.29 is 17.9 Å². The summed E-state index contributed by atoms with van der Waals surface area (Å²) in [5.74, 6) is -0.194. The number of sulfone groups is 1. The van der Waals surface area contributed by atoms with Crippen molar-refractivity contribution >= 4 is 27.4 Å². The number of carbonyl (C=O) groups is 1. The Morgan fingerprint density at radius 3 is 2.55 bits per heavy atom. The predicted molar refractivity (Wildman–Crippen MR) is 78.6 cm³/mol. The van der Waals surface area contributed by atoms with Gasteiger partial charge in [0.15, 0.2) is 9.84 Å². The molecule has 0 unspecified atom stereocenters. The molecule has 0 atom stereocenters. The Balaban J connectivity index is 2.38. The molecule has 0 fully saturated rings. The van der Waals surface area contributed by atoms with Crippen LogP contribution in [0.3, 0.4) is 0 Å². The summed E-state index contributed by atoms with van der Waals surface area (Å²) in [6.45, 7) is 2.13. The Labute approximate surface area is 125 Å². The molecule has 0 saturated heterocycles. The lowest BCUT2D eigenvalue weighted by Crippen LogP contribution is -2.08. The SMILES string of the molecule is CCOC(=O)CCCCCS(=O)(=O)c1ccccc1Cl. The molecule has 4 nitrogen and oxygen atoms in total. The number of hydrogen-bond acceptors (Lipinski definition) is 4. The largest absolute Gasteiger partial charge is 0.466 e. The second-order valence-electron chi connectivity index (χ2n) is 4.36. The first-order chi connectivity index (χ1) is 9.47. The summed E-state index contributed by atoms with van der Waals surface area (Å²) in [4.78, 5) is 11.3. The molecular formula is C14H19ClO4S. The molecule has 0 bridgehead atoms. The molecule has 0 amide bonds. The molecular weight excluding hydrogens is 300 g/mol. The van der Waals surface area contributed by atoms with Gasteiger partial charge in [-0.3, -0.25) is 4.79 Å². The summed E-state index contributed by atoms with van der Waals surface area (Å²) in [5.41, 5.74) is 0. The number of esters is 1. The van der Waals surface area contributed by atoms with Crippen molar-refractivity contribution in [2.75, 3.05) is 12.4 Å². The smallest absolute Gasteiger partial charge is 0.305 e. The van der Waals surface area contributed by atoms with E-state index in [9.17, 15) is 13.2 Å². The number of unbranched alkanes of at least 4 members (excludes halogenated alkanes) is 2. The van der Waals surface area contributed by atoms with Crippen LogP contribution in [-0.4, -0.2) is 26.7 Å². The maximum absolute atomic E-state index is 12.1. The lowest BCUT2D eigenvalue weighted by molar-refractivity contribution is -0.143. The minimum absolute atomic E-state index is 0.0412. The first-order valence-corrected chi connectivity index (χ1v) is 8.63. The topological polar surface area (TPSA) is 60.4 Å². The molecule has 0 N–H and O–H groups in total. The van der Waals surface area contributed by atoms with E-state index in [1.54, 1.807) is 25.1 Å². The number of hydrogen-bond donors (Lipinski definition) is 0. The number of halogens is 1. The van der Waals surface area contributed by atoms with Crippen LogP contribution >= 0.6 is 11.6 Å². The third-order valence-electron chi connectivity index (χ3n) is 2.77. The molecule has 0 heterocycles. The Kier molecular flexibility index (Phi) is 7.02. The predicted octanol–water partition coefficient (Wildman–Crippen LogP) is 3.24. The third-order valence-corrected chi connectivity index (χ3v) is 5.06. The van der Waals surface area contributed by atoms with Crippen LogP contribution in [0, 0.1) is 0 Å². The highest BCUT2D eigenvalue weighted by Crippen LogP contribution is 2.22. The molecule has 1 rings (SSSR count). The maximum Gasteiger partial charge on any atom is 0.305 e. The van der Waals surface area contributed by atoms with Gasteiger partial charge < -0.3 is 4.74 Å². The monoisotopic (exact) mass is 318 g/mol. The van der Waals surface area contributed by atoms with Crippen LogP contribution in [0.5, 0.6) is 0 Å². The van der Waals surface area contributed by atoms with E-state index in [0.717, 1.165) is 0 Å². The molecule has 0 aromatic heterocycles. The normalized spacial score (nSPS) is 11.3. The molecule has 0 aliphatic heterocycles.